The number of carbonyl (C=O) groups is 4. The molecule has 0 amide bonds. The molecule has 37 heavy (non-hydrogen) atoms. The average molecular weight is 522 g/mol. The van der Waals surface area contributed by atoms with Crippen molar-refractivity contribution in [3.8, 4) is 11.5 Å². The summed E-state index contributed by atoms with van der Waals surface area (Å²) in [6, 6.07) is 3.69. The predicted octanol–water partition coefficient (Wildman–Crippen LogP) is 4.37. The summed E-state index contributed by atoms with van der Waals surface area (Å²) < 4.78 is 21.5. The van der Waals surface area contributed by atoms with E-state index in [1.165, 1.54) is 12.1 Å². The molecule has 1 aromatic carbocycles. The summed E-state index contributed by atoms with van der Waals surface area (Å²) in [6.07, 6.45) is 1.80. The second-order valence-electron chi connectivity index (χ2n) is 9.70. The van der Waals surface area contributed by atoms with Crippen LogP contribution in [0.5, 0.6) is 11.5 Å². The van der Waals surface area contributed by atoms with Gasteiger partial charge < -0.3 is 24.7 Å². The van der Waals surface area contributed by atoms with E-state index in [1.807, 2.05) is 27.7 Å². The molecule has 3 unspecified atom stereocenters. The maximum atomic E-state index is 12.5. The first-order valence-electron chi connectivity index (χ1n) is 13.1. The van der Waals surface area contributed by atoms with E-state index >= 15 is 0 Å². The van der Waals surface area contributed by atoms with Gasteiger partial charge in [0.2, 0.25) is 0 Å². The molecule has 0 radical (unpaired) electrons. The fourth-order valence-electron chi connectivity index (χ4n) is 2.95. The lowest BCUT2D eigenvalue weighted by atomic mass is 10.1. The Kier molecular flexibility index (Phi) is 13.9. The van der Waals surface area contributed by atoms with Crippen molar-refractivity contribution in [2.75, 3.05) is 6.61 Å². The Balaban J connectivity index is 2.87. The quantitative estimate of drug-likeness (QED) is 0.264. The molecule has 9 nitrogen and oxygen atoms in total. The van der Waals surface area contributed by atoms with Crippen LogP contribution in [0.2, 0.25) is 0 Å². The number of hydrogen-bond donors (Lipinski definition) is 1. The minimum Gasteiger partial charge on any atom is -0.462 e. The standard InChI is InChI=1S/C28H43NO8/c1-8-17(4)13-25(30)34-16-20(7)35-28(33)22(29)14-21-11-12-23(36-26(31)18(5)9-2)24(15-21)37-27(32)19(6)10-3/h11-12,15,17-20,22H,8-10,13-14,16,29H2,1-7H3/t17?,18?,19?,20-,22-/m0/s1. The predicted molar refractivity (Wildman–Crippen MR) is 139 cm³/mol. The summed E-state index contributed by atoms with van der Waals surface area (Å²) in [5, 5.41) is 0. The molecule has 0 heterocycles. The van der Waals surface area contributed by atoms with Gasteiger partial charge in [-0.3, -0.25) is 19.2 Å². The number of carbonyl (C=O) groups excluding carboxylic acids is 4. The lowest BCUT2D eigenvalue weighted by Crippen LogP contribution is -2.37. The van der Waals surface area contributed by atoms with E-state index in [1.54, 1.807) is 26.8 Å². The van der Waals surface area contributed by atoms with Gasteiger partial charge in [-0.2, -0.15) is 0 Å². The van der Waals surface area contributed by atoms with E-state index in [0.29, 0.717) is 24.8 Å². The van der Waals surface area contributed by atoms with Crippen molar-refractivity contribution in [2.45, 2.75) is 92.7 Å². The third kappa shape index (κ3) is 11.3. The first kappa shape index (κ1) is 32.1. The molecule has 0 aliphatic heterocycles. The first-order chi connectivity index (χ1) is 17.4. The summed E-state index contributed by atoms with van der Waals surface area (Å²) >= 11 is 0. The largest absolute Gasteiger partial charge is 0.462 e. The van der Waals surface area contributed by atoms with Crippen molar-refractivity contribution in [3.05, 3.63) is 23.8 Å². The first-order valence-corrected chi connectivity index (χ1v) is 13.1. The van der Waals surface area contributed by atoms with Crippen LogP contribution in [0.15, 0.2) is 18.2 Å². The van der Waals surface area contributed by atoms with Gasteiger partial charge >= 0.3 is 23.9 Å². The molecule has 1 rings (SSSR count). The monoisotopic (exact) mass is 521 g/mol. The summed E-state index contributed by atoms with van der Waals surface area (Å²) in [4.78, 5) is 49.1. The molecule has 0 bridgehead atoms. The van der Waals surface area contributed by atoms with E-state index in [4.69, 9.17) is 24.7 Å². The van der Waals surface area contributed by atoms with E-state index in [0.717, 1.165) is 6.42 Å². The van der Waals surface area contributed by atoms with Crippen LogP contribution >= 0.6 is 0 Å². The Morgan fingerprint density at radius 1 is 0.811 bits per heavy atom. The highest BCUT2D eigenvalue weighted by Crippen LogP contribution is 2.31. The fraction of sp³-hybridized carbons (Fsp3) is 0.643. The molecule has 208 valence electrons. The lowest BCUT2D eigenvalue weighted by molar-refractivity contribution is -0.159. The van der Waals surface area contributed by atoms with Crippen LogP contribution in [0.3, 0.4) is 0 Å². The lowest BCUT2D eigenvalue weighted by Gasteiger charge is -2.18. The molecule has 1 aromatic rings. The van der Waals surface area contributed by atoms with Gasteiger partial charge in [-0.1, -0.05) is 54.0 Å². The minimum absolute atomic E-state index is 0.0559. The van der Waals surface area contributed by atoms with Gasteiger partial charge in [0.25, 0.3) is 0 Å². The van der Waals surface area contributed by atoms with Crippen molar-refractivity contribution in [1.29, 1.82) is 0 Å². The molecule has 0 saturated carbocycles. The molecule has 2 N–H and O–H groups in total. The van der Waals surface area contributed by atoms with Crippen LogP contribution in [0.4, 0.5) is 0 Å². The van der Waals surface area contributed by atoms with Gasteiger partial charge in [0, 0.05) is 6.42 Å². The molecular weight excluding hydrogens is 478 g/mol. The van der Waals surface area contributed by atoms with Crippen molar-refractivity contribution >= 4 is 23.9 Å². The highest BCUT2D eigenvalue weighted by molar-refractivity contribution is 5.79. The summed E-state index contributed by atoms with van der Waals surface area (Å²) in [5.41, 5.74) is 6.65. The fourth-order valence-corrected chi connectivity index (χ4v) is 2.95. The summed E-state index contributed by atoms with van der Waals surface area (Å²) in [6.45, 7) is 12.7. The van der Waals surface area contributed by atoms with Crippen LogP contribution in [-0.2, 0) is 35.1 Å². The SMILES string of the molecule is CCC(C)CC(=O)OC[C@H](C)OC(=O)[C@@H](N)Cc1ccc(OC(=O)C(C)CC)c(OC(=O)C(C)CC)c1. The number of rotatable bonds is 15. The summed E-state index contributed by atoms with van der Waals surface area (Å²) in [7, 11) is 0. The van der Waals surface area contributed by atoms with Crippen LogP contribution in [-0.4, -0.2) is 42.6 Å². The maximum Gasteiger partial charge on any atom is 0.323 e. The molecule has 0 fully saturated rings. The Morgan fingerprint density at radius 2 is 1.38 bits per heavy atom. The van der Waals surface area contributed by atoms with Gasteiger partial charge in [-0.25, -0.2) is 0 Å². The molecule has 0 aliphatic carbocycles. The summed E-state index contributed by atoms with van der Waals surface area (Å²) in [5.74, 6) is -2.13. The van der Waals surface area contributed by atoms with Crippen molar-refractivity contribution in [1.82, 2.24) is 0 Å². The van der Waals surface area contributed by atoms with Gasteiger partial charge in [0.05, 0.1) is 11.8 Å². The highest BCUT2D eigenvalue weighted by Gasteiger charge is 2.23. The van der Waals surface area contributed by atoms with Gasteiger partial charge in [0.15, 0.2) is 11.5 Å². The maximum absolute atomic E-state index is 12.5. The molecule has 0 saturated heterocycles. The Bertz CT molecular complexity index is 915. The molecule has 5 atom stereocenters. The molecule has 0 aliphatic rings. The van der Waals surface area contributed by atoms with E-state index in [2.05, 4.69) is 0 Å². The number of benzene rings is 1. The van der Waals surface area contributed by atoms with Crippen molar-refractivity contribution < 1.29 is 38.1 Å². The molecule has 9 heteroatoms. The minimum atomic E-state index is -1.01. The average Bonchev–Trinajstić information content (AvgIpc) is 2.87. The van der Waals surface area contributed by atoms with E-state index in [-0.39, 0.29) is 48.2 Å². The number of esters is 4. The Labute approximate surface area is 220 Å². The van der Waals surface area contributed by atoms with Crippen molar-refractivity contribution in [2.24, 2.45) is 23.5 Å². The normalized spacial score (nSPS) is 15.0. The van der Waals surface area contributed by atoms with Gasteiger partial charge in [-0.05, 0) is 49.8 Å². The number of hydrogen-bond acceptors (Lipinski definition) is 9. The van der Waals surface area contributed by atoms with Crippen LogP contribution in [0, 0.1) is 17.8 Å². The van der Waals surface area contributed by atoms with Crippen molar-refractivity contribution in [3.63, 3.8) is 0 Å². The smallest absolute Gasteiger partial charge is 0.323 e. The number of nitrogens with two attached hydrogens (primary N) is 1. The Hall–Kier alpha value is -2.94. The van der Waals surface area contributed by atoms with Gasteiger partial charge in [-0.15, -0.1) is 0 Å². The van der Waals surface area contributed by atoms with Crippen LogP contribution < -0.4 is 15.2 Å². The third-order valence-electron chi connectivity index (χ3n) is 6.23. The van der Waals surface area contributed by atoms with Gasteiger partial charge in [0.1, 0.15) is 18.8 Å². The zero-order chi connectivity index (χ0) is 28.1. The third-order valence-corrected chi connectivity index (χ3v) is 6.23. The van der Waals surface area contributed by atoms with Crippen LogP contribution in [0.1, 0.15) is 79.7 Å². The topological polar surface area (TPSA) is 131 Å². The Morgan fingerprint density at radius 3 is 1.92 bits per heavy atom. The highest BCUT2D eigenvalue weighted by atomic mass is 16.6. The molecule has 0 spiro atoms. The number of ether oxygens (including phenoxy) is 4. The second kappa shape index (κ2) is 16.0. The second-order valence-corrected chi connectivity index (χ2v) is 9.70. The van der Waals surface area contributed by atoms with Crippen LogP contribution in [0.25, 0.3) is 0 Å². The zero-order valence-corrected chi connectivity index (χ0v) is 23.2. The van der Waals surface area contributed by atoms with E-state index in [9.17, 15) is 19.2 Å². The molecular formula is C28H43NO8. The van der Waals surface area contributed by atoms with E-state index < -0.39 is 30.1 Å². The zero-order valence-electron chi connectivity index (χ0n) is 23.2. The molecule has 0 aromatic heterocycles.